The standard InChI is InChI=1S/C18H27N3O3/c1-18(2,3)24-17(22)21-10-8-20(9-11-21)15-7-4-13(19)12-16(15)23-14-5-6-14/h4,7,12,14H,5-6,8-11,19H2,1-3H3. The van der Waals surface area contributed by atoms with Crippen LogP contribution in [0.15, 0.2) is 18.2 Å². The largest absolute Gasteiger partial charge is 0.488 e. The van der Waals surface area contributed by atoms with E-state index in [1.807, 2.05) is 39.0 Å². The number of nitrogens with two attached hydrogens (primary N) is 1. The molecule has 1 aliphatic carbocycles. The number of nitrogen functional groups attached to an aromatic ring is 1. The van der Waals surface area contributed by atoms with E-state index in [2.05, 4.69) is 4.90 Å². The fraction of sp³-hybridized carbons (Fsp3) is 0.611. The van der Waals surface area contributed by atoms with Gasteiger partial charge in [0.1, 0.15) is 11.4 Å². The smallest absolute Gasteiger partial charge is 0.410 e. The molecule has 0 unspecified atom stereocenters. The van der Waals surface area contributed by atoms with Gasteiger partial charge in [-0.2, -0.15) is 0 Å². The van der Waals surface area contributed by atoms with E-state index in [1.54, 1.807) is 4.90 Å². The first kappa shape index (κ1) is 16.7. The maximum atomic E-state index is 12.2. The molecule has 0 bridgehead atoms. The second-order valence-electron chi connectivity index (χ2n) is 7.50. The summed E-state index contributed by atoms with van der Waals surface area (Å²) < 4.78 is 11.4. The van der Waals surface area contributed by atoms with Crippen LogP contribution in [0.1, 0.15) is 33.6 Å². The van der Waals surface area contributed by atoms with Crippen LogP contribution in [0.3, 0.4) is 0 Å². The highest BCUT2D eigenvalue weighted by Gasteiger charge is 2.29. The number of rotatable bonds is 3. The predicted octanol–water partition coefficient (Wildman–Crippen LogP) is 2.87. The highest BCUT2D eigenvalue weighted by molar-refractivity contribution is 5.69. The van der Waals surface area contributed by atoms with Crippen LogP contribution >= 0.6 is 0 Å². The number of ether oxygens (including phenoxy) is 2. The van der Waals surface area contributed by atoms with Gasteiger partial charge in [-0.1, -0.05) is 0 Å². The number of nitrogens with zero attached hydrogens (tertiary/aromatic N) is 2. The van der Waals surface area contributed by atoms with Gasteiger partial charge in [0.15, 0.2) is 0 Å². The van der Waals surface area contributed by atoms with Crippen LogP contribution in [0, 0.1) is 0 Å². The predicted molar refractivity (Wildman–Crippen MR) is 94.5 cm³/mol. The number of anilines is 2. The molecule has 1 aromatic carbocycles. The summed E-state index contributed by atoms with van der Waals surface area (Å²) >= 11 is 0. The van der Waals surface area contributed by atoms with Gasteiger partial charge < -0.3 is 25.0 Å². The Morgan fingerprint density at radius 1 is 1.17 bits per heavy atom. The van der Waals surface area contributed by atoms with Crippen LogP contribution in [0.4, 0.5) is 16.2 Å². The lowest BCUT2D eigenvalue weighted by molar-refractivity contribution is 0.0240. The van der Waals surface area contributed by atoms with E-state index in [-0.39, 0.29) is 6.09 Å². The number of hydrogen-bond acceptors (Lipinski definition) is 5. The normalized spacial score (nSPS) is 18.5. The fourth-order valence-corrected chi connectivity index (χ4v) is 2.71. The van der Waals surface area contributed by atoms with E-state index in [0.29, 0.717) is 24.9 Å². The van der Waals surface area contributed by atoms with Gasteiger partial charge in [0.05, 0.1) is 11.8 Å². The van der Waals surface area contributed by atoms with Crippen molar-refractivity contribution in [2.24, 2.45) is 0 Å². The summed E-state index contributed by atoms with van der Waals surface area (Å²) in [6.45, 7) is 8.45. The lowest BCUT2D eigenvalue weighted by Gasteiger charge is -2.37. The number of carbonyl (C=O) groups excluding carboxylic acids is 1. The molecule has 0 aromatic heterocycles. The van der Waals surface area contributed by atoms with Crippen LogP contribution in [-0.4, -0.2) is 48.9 Å². The Bertz CT molecular complexity index is 600. The molecule has 2 fully saturated rings. The topological polar surface area (TPSA) is 68.0 Å². The molecule has 6 nitrogen and oxygen atoms in total. The van der Waals surface area contributed by atoms with E-state index in [4.69, 9.17) is 15.2 Å². The van der Waals surface area contributed by atoms with E-state index in [1.165, 1.54) is 0 Å². The molecule has 3 rings (SSSR count). The molecular formula is C18H27N3O3. The lowest BCUT2D eigenvalue weighted by atomic mass is 10.2. The van der Waals surface area contributed by atoms with Gasteiger partial charge in [0.25, 0.3) is 0 Å². The molecule has 132 valence electrons. The average Bonchev–Trinajstić information content (AvgIpc) is 3.30. The molecular weight excluding hydrogens is 306 g/mol. The molecule has 2 N–H and O–H groups in total. The summed E-state index contributed by atoms with van der Waals surface area (Å²) in [4.78, 5) is 16.2. The van der Waals surface area contributed by atoms with Gasteiger partial charge in [0.2, 0.25) is 0 Å². The minimum absolute atomic E-state index is 0.242. The molecule has 1 aromatic rings. The van der Waals surface area contributed by atoms with Crippen molar-refractivity contribution in [3.63, 3.8) is 0 Å². The zero-order valence-electron chi connectivity index (χ0n) is 14.7. The van der Waals surface area contributed by atoms with Crippen LogP contribution in [0.5, 0.6) is 5.75 Å². The van der Waals surface area contributed by atoms with Crippen LogP contribution in [0.2, 0.25) is 0 Å². The number of amides is 1. The van der Waals surface area contributed by atoms with Gasteiger partial charge in [-0.15, -0.1) is 0 Å². The summed E-state index contributed by atoms with van der Waals surface area (Å²) in [6.07, 6.45) is 2.31. The van der Waals surface area contributed by atoms with Crippen molar-refractivity contribution in [3.8, 4) is 5.75 Å². The van der Waals surface area contributed by atoms with Crippen molar-refractivity contribution >= 4 is 17.5 Å². The first-order chi connectivity index (χ1) is 11.3. The van der Waals surface area contributed by atoms with Crippen LogP contribution in [-0.2, 0) is 4.74 Å². The lowest BCUT2D eigenvalue weighted by Crippen LogP contribution is -2.50. The van der Waals surface area contributed by atoms with E-state index < -0.39 is 5.60 Å². The van der Waals surface area contributed by atoms with Gasteiger partial charge in [-0.3, -0.25) is 0 Å². The van der Waals surface area contributed by atoms with Gasteiger partial charge in [-0.05, 0) is 45.7 Å². The van der Waals surface area contributed by atoms with Crippen molar-refractivity contribution < 1.29 is 14.3 Å². The highest BCUT2D eigenvalue weighted by Crippen LogP contribution is 2.36. The molecule has 0 spiro atoms. The Labute approximate surface area is 143 Å². The Balaban J connectivity index is 1.63. The third-order valence-electron chi connectivity index (χ3n) is 4.07. The minimum Gasteiger partial charge on any atom is -0.488 e. The van der Waals surface area contributed by atoms with E-state index in [0.717, 1.165) is 37.4 Å². The Morgan fingerprint density at radius 3 is 2.42 bits per heavy atom. The van der Waals surface area contributed by atoms with Crippen LogP contribution < -0.4 is 15.4 Å². The summed E-state index contributed by atoms with van der Waals surface area (Å²) in [6, 6.07) is 5.80. The number of piperazine rings is 1. The Hall–Kier alpha value is -2.11. The van der Waals surface area contributed by atoms with Gasteiger partial charge in [0, 0.05) is 37.9 Å². The molecule has 2 aliphatic rings. The van der Waals surface area contributed by atoms with Crippen molar-refractivity contribution in [2.75, 3.05) is 36.8 Å². The molecule has 1 heterocycles. The third kappa shape index (κ3) is 4.24. The molecule has 6 heteroatoms. The zero-order valence-corrected chi connectivity index (χ0v) is 14.7. The Morgan fingerprint density at radius 2 is 1.83 bits per heavy atom. The summed E-state index contributed by atoms with van der Waals surface area (Å²) in [5, 5.41) is 0. The zero-order chi connectivity index (χ0) is 17.3. The average molecular weight is 333 g/mol. The molecule has 1 saturated carbocycles. The first-order valence-corrected chi connectivity index (χ1v) is 8.61. The quantitative estimate of drug-likeness (QED) is 0.862. The highest BCUT2D eigenvalue weighted by atomic mass is 16.6. The molecule has 0 atom stereocenters. The van der Waals surface area contributed by atoms with Crippen molar-refractivity contribution in [1.82, 2.24) is 4.90 Å². The first-order valence-electron chi connectivity index (χ1n) is 8.61. The molecule has 1 aliphatic heterocycles. The van der Waals surface area contributed by atoms with Gasteiger partial charge in [-0.25, -0.2) is 4.79 Å². The van der Waals surface area contributed by atoms with Crippen molar-refractivity contribution in [2.45, 2.75) is 45.3 Å². The Kier molecular flexibility index (Phi) is 4.47. The fourth-order valence-electron chi connectivity index (χ4n) is 2.71. The van der Waals surface area contributed by atoms with Gasteiger partial charge >= 0.3 is 6.09 Å². The second kappa shape index (κ2) is 6.42. The van der Waals surface area contributed by atoms with Crippen molar-refractivity contribution in [1.29, 1.82) is 0 Å². The van der Waals surface area contributed by atoms with E-state index >= 15 is 0 Å². The molecule has 1 saturated heterocycles. The second-order valence-corrected chi connectivity index (χ2v) is 7.50. The number of hydrogen-bond donors (Lipinski definition) is 1. The summed E-state index contributed by atoms with van der Waals surface area (Å²) in [7, 11) is 0. The molecule has 1 amide bonds. The summed E-state index contributed by atoms with van der Waals surface area (Å²) in [5.41, 5.74) is 7.21. The molecule has 0 radical (unpaired) electrons. The number of benzene rings is 1. The number of carbonyl (C=O) groups is 1. The summed E-state index contributed by atoms with van der Waals surface area (Å²) in [5.74, 6) is 0.850. The van der Waals surface area contributed by atoms with Crippen molar-refractivity contribution in [3.05, 3.63) is 18.2 Å². The maximum absolute atomic E-state index is 12.2. The van der Waals surface area contributed by atoms with Crippen LogP contribution in [0.25, 0.3) is 0 Å². The SMILES string of the molecule is CC(C)(C)OC(=O)N1CCN(c2ccc(N)cc2OC2CC2)CC1. The third-order valence-corrected chi connectivity index (χ3v) is 4.07. The molecule has 24 heavy (non-hydrogen) atoms. The maximum Gasteiger partial charge on any atom is 0.410 e. The van der Waals surface area contributed by atoms with E-state index in [9.17, 15) is 4.79 Å². The monoisotopic (exact) mass is 333 g/mol. The minimum atomic E-state index is -0.462.